The van der Waals surface area contributed by atoms with Gasteiger partial charge in [-0.1, -0.05) is 42.3 Å². The summed E-state index contributed by atoms with van der Waals surface area (Å²) in [6.45, 7) is 6.51. The van der Waals surface area contributed by atoms with Gasteiger partial charge in [-0.2, -0.15) is 5.26 Å². The normalized spacial score (nSPS) is 22.8. The van der Waals surface area contributed by atoms with Crippen LogP contribution in [0.25, 0.3) is 0 Å². The van der Waals surface area contributed by atoms with Crippen molar-refractivity contribution in [3.63, 3.8) is 0 Å². The van der Waals surface area contributed by atoms with Gasteiger partial charge >= 0.3 is 0 Å². The van der Waals surface area contributed by atoms with Gasteiger partial charge in [-0.15, -0.1) is 6.58 Å². The van der Waals surface area contributed by atoms with Gasteiger partial charge in [-0.05, 0) is 116 Å². The zero-order valence-electron chi connectivity index (χ0n) is 36.9. The summed E-state index contributed by atoms with van der Waals surface area (Å²) in [5.74, 6) is -0.521. The lowest BCUT2D eigenvalue weighted by molar-refractivity contribution is -0.384. The topological polar surface area (TPSA) is 195 Å². The number of carbonyl (C=O) groups is 1. The highest BCUT2D eigenvalue weighted by Crippen LogP contribution is 2.62. The molecule has 1 saturated carbocycles. The van der Waals surface area contributed by atoms with Crippen molar-refractivity contribution in [1.29, 1.82) is 5.26 Å². The molecule has 1 amide bonds. The molecule has 0 bridgehead atoms. The second-order valence-electron chi connectivity index (χ2n) is 16.9. The van der Waals surface area contributed by atoms with E-state index in [0.717, 1.165) is 42.4 Å². The highest BCUT2D eigenvalue weighted by atomic mass is 16.7. The van der Waals surface area contributed by atoms with Crippen LogP contribution >= 0.6 is 0 Å². The number of nitro groups is 1. The first-order valence-corrected chi connectivity index (χ1v) is 22.5. The lowest BCUT2D eigenvalue weighted by Crippen LogP contribution is -2.70. The first kappa shape index (κ1) is 45.8. The number of hydrogen-bond acceptors (Lipinski definition) is 13. The second kappa shape index (κ2) is 20.6. The summed E-state index contributed by atoms with van der Waals surface area (Å²) in [7, 11) is 0. The van der Waals surface area contributed by atoms with Gasteiger partial charge in [0.25, 0.3) is 11.6 Å². The molecule has 15 nitrogen and oxygen atoms in total. The number of allylic oxidation sites excluding steroid dienone is 1. The van der Waals surface area contributed by atoms with Gasteiger partial charge in [0.2, 0.25) is 12.6 Å². The number of aliphatic hydroxyl groups excluding tert-OH is 2. The van der Waals surface area contributed by atoms with Crippen molar-refractivity contribution in [3.05, 3.63) is 142 Å². The van der Waals surface area contributed by atoms with E-state index in [0.29, 0.717) is 65.0 Å². The minimum absolute atomic E-state index is 0.00992. The maximum atomic E-state index is 15.4. The van der Waals surface area contributed by atoms with Crippen molar-refractivity contribution < 1.29 is 48.5 Å². The van der Waals surface area contributed by atoms with Crippen molar-refractivity contribution in [2.24, 2.45) is 22.9 Å². The summed E-state index contributed by atoms with van der Waals surface area (Å²) in [6, 6.07) is 24.9. The molecule has 66 heavy (non-hydrogen) atoms. The molecule has 0 spiro atoms. The zero-order chi connectivity index (χ0) is 46.2. The molecular formula is C51H54N4O11. The number of non-ortho nitro benzene ring substituents is 1. The molecule has 0 radical (unpaired) electrons. The van der Waals surface area contributed by atoms with Gasteiger partial charge in [0.05, 0.1) is 40.9 Å². The standard InChI is InChI=1S/C51H54N4O11/c1-3-24-63-51-47(54(50(58)35-17-14-33(30-52)15-18-35)31-34-16-20-45-46(25-34)62-32-61-45)29-43(53-64-4-2)41-26-36(10-5-7-22-56)40(13-6-8-23-57)48(49(41)51)42-28-39(19-21-44(42)66-51)65-38-12-9-11-37(27-38)55(59)60/h3,9,11-12,14-21,25-28,36,40,47-49,56-57H,1,4-8,10,13,22-24,29,31-32H2,2H3/t36-,40+,47-,48+,49+,51+/m0/s1. The molecule has 4 aromatic rings. The number of carbonyl (C=O) groups excluding carboxylic acids is 1. The smallest absolute Gasteiger partial charge is 0.273 e. The minimum atomic E-state index is -1.56. The lowest BCUT2D eigenvalue weighted by atomic mass is 9.55. The number of oxime groups is 1. The lowest BCUT2D eigenvalue weighted by Gasteiger charge is -2.60. The number of nitriles is 1. The molecule has 6 atom stereocenters. The van der Waals surface area contributed by atoms with Crippen LogP contribution in [0.3, 0.4) is 0 Å². The van der Waals surface area contributed by atoms with E-state index < -0.39 is 22.7 Å². The molecule has 2 N–H and O–H groups in total. The molecule has 0 aromatic heterocycles. The number of ether oxygens (including phenoxy) is 5. The monoisotopic (exact) mass is 898 g/mol. The highest BCUT2D eigenvalue weighted by molar-refractivity contribution is 6.03. The molecule has 1 fully saturated rings. The predicted octanol–water partition coefficient (Wildman–Crippen LogP) is 8.98. The van der Waals surface area contributed by atoms with Gasteiger partial charge in [0.15, 0.2) is 11.5 Å². The largest absolute Gasteiger partial charge is 0.459 e. The summed E-state index contributed by atoms with van der Waals surface area (Å²) in [4.78, 5) is 34.3. The van der Waals surface area contributed by atoms with Crippen LogP contribution in [0.4, 0.5) is 5.69 Å². The average Bonchev–Trinajstić information content (AvgIpc) is 3.81. The first-order chi connectivity index (χ1) is 32.2. The van der Waals surface area contributed by atoms with E-state index in [4.69, 9.17) is 33.7 Å². The number of hydrogen-bond donors (Lipinski definition) is 2. The fraction of sp³-hybridized carbons (Fsp3) is 0.392. The molecule has 8 rings (SSSR count). The Hall–Kier alpha value is -6.73. The third kappa shape index (κ3) is 9.35. The van der Waals surface area contributed by atoms with Crippen LogP contribution in [0.1, 0.15) is 84.8 Å². The number of aliphatic hydroxyl groups is 2. The highest BCUT2D eigenvalue weighted by Gasteiger charge is 2.65. The molecule has 2 aliphatic carbocycles. The summed E-state index contributed by atoms with van der Waals surface area (Å²) in [6.07, 6.45) is 8.27. The maximum Gasteiger partial charge on any atom is 0.273 e. The SMILES string of the molecule is C=CCO[C@@]12Oc3ccc(Oc4cccc([N+](=O)[O-])c4)cc3[C@H]3[C@H](CCCCO)[C@@H](CCCCO)C=C(C(=NOCC)C[C@@H]1N(Cc1ccc4c(c1)OCO4)C(=O)c1ccc(C#N)cc1)[C@H]32. The molecule has 344 valence electrons. The van der Waals surface area contributed by atoms with Gasteiger partial charge in [-0.3, -0.25) is 14.9 Å². The van der Waals surface area contributed by atoms with Gasteiger partial charge in [0, 0.05) is 49.3 Å². The van der Waals surface area contributed by atoms with Crippen molar-refractivity contribution >= 4 is 17.3 Å². The third-order valence-corrected chi connectivity index (χ3v) is 12.9. The number of unbranched alkanes of at least 4 members (excludes halogenated alkanes) is 2. The molecule has 4 aliphatic rings. The van der Waals surface area contributed by atoms with E-state index in [9.17, 15) is 25.6 Å². The van der Waals surface area contributed by atoms with Gasteiger partial charge in [0.1, 0.15) is 29.9 Å². The van der Waals surface area contributed by atoms with Crippen LogP contribution < -0.4 is 18.9 Å². The Kier molecular flexibility index (Phi) is 14.3. The number of nitro benzene ring substituents is 1. The first-order valence-electron chi connectivity index (χ1n) is 22.5. The molecule has 2 heterocycles. The average molecular weight is 899 g/mol. The maximum absolute atomic E-state index is 15.4. The summed E-state index contributed by atoms with van der Waals surface area (Å²) >= 11 is 0. The zero-order valence-corrected chi connectivity index (χ0v) is 36.9. The van der Waals surface area contributed by atoms with Gasteiger partial charge < -0.3 is 43.6 Å². The predicted molar refractivity (Wildman–Crippen MR) is 243 cm³/mol. The number of benzene rings is 4. The molecule has 15 heteroatoms. The van der Waals surface area contributed by atoms with Crippen LogP contribution in [0, 0.1) is 39.2 Å². The van der Waals surface area contributed by atoms with Crippen LogP contribution in [-0.4, -0.2) is 76.7 Å². The van der Waals surface area contributed by atoms with E-state index in [1.807, 2.05) is 37.3 Å². The van der Waals surface area contributed by atoms with Crippen molar-refractivity contribution in [1.82, 2.24) is 4.90 Å². The molecule has 0 unspecified atom stereocenters. The fourth-order valence-corrected chi connectivity index (χ4v) is 10.1. The quantitative estimate of drug-likeness (QED) is 0.0370. The fourth-order valence-electron chi connectivity index (χ4n) is 10.1. The molecule has 0 saturated heterocycles. The van der Waals surface area contributed by atoms with Gasteiger partial charge in [-0.25, -0.2) is 0 Å². The Morgan fingerprint density at radius 3 is 2.48 bits per heavy atom. The van der Waals surface area contributed by atoms with E-state index >= 15 is 4.79 Å². The van der Waals surface area contributed by atoms with Crippen LogP contribution in [0.2, 0.25) is 0 Å². The molecular weight excluding hydrogens is 845 g/mol. The summed E-state index contributed by atoms with van der Waals surface area (Å²) in [5, 5.41) is 46.1. The van der Waals surface area contributed by atoms with E-state index in [1.54, 1.807) is 53.4 Å². The third-order valence-electron chi connectivity index (χ3n) is 12.9. The van der Waals surface area contributed by atoms with Crippen molar-refractivity contribution in [3.8, 4) is 34.8 Å². The summed E-state index contributed by atoms with van der Waals surface area (Å²) < 4.78 is 32.3. The second-order valence-corrected chi connectivity index (χ2v) is 16.9. The Labute approximate surface area is 383 Å². The minimum Gasteiger partial charge on any atom is -0.459 e. The summed E-state index contributed by atoms with van der Waals surface area (Å²) in [5.41, 5.74) is 3.73. The van der Waals surface area contributed by atoms with Crippen LogP contribution in [0.15, 0.2) is 114 Å². The van der Waals surface area contributed by atoms with Crippen LogP contribution in [0.5, 0.6) is 28.7 Å². The number of rotatable bonds is 20. The number of fused-ring (bicyclic) bond motifs is 3. The van der Waals surface area contributed by atoms with E-state index in [2.05, 4.69) is 18.7 Å². The molecule has 4 aromatic carbocycles. The Morgan fingerprint density at radius 1 is 0.985 bits per heavy atom. The Morgan fingerprint density at radius 2 is 1.74 bits per heavy atom. The Balaban J connectivity index is 1.35. The Bertz CT molecular complexity index is 2520. The van der Waals surface area contributed by atoms with E-state index in [1.165, 1.54) is 12.1 Å². The number of amides is 1. The van der Waals surface area contributed by atoms with E-state index in [-0.39, 0.29) is 68.9 Å². The van der Waals surface area contributed by atoms with Crippen LogP contribution in [-0.2, 0) is 16.1 Å². The van der Waals surface area contributed by atoms with Crippen molar-refractivity contribution in [2.75, 3.05) is 33.2 Å². The molecule has 2 aliphatic heterocycles. The van der Waals surface area contributed by atoms with Crippen molar-refractivity contribution in [2.45, 2.75) is 76.2 Å². The number of nitrogens with zero attached hydrogens (tertiary/aromatic N) is 4.